The number of hydrogen-bond donors (Lipinski definition) is 2. The fraction of sp³-hybridized carbons (Fsp3) is 0.167. The van der Waals surface area contributed by atoms with Gasteiger partial charge in [0.05, 0.1) is 11.3 Å². The van der Waals surface area contributed by atoms with Gasteiger partial charge in [0.15, 0.2) is 0 Å². The normalized spacial score (nSPS) is 12.3. The molecule has 0 spiro atoms. The third-order valence-corrected chi connectivity index (χ3v) is 4.65. The number of aromatic nitrogens is 2. The first-order chi connectivity index (χ1) is 10.9. The van der Waals surface area contributed by atoms with E-state index in [2.05, 4.69) is 9.97 Å². The number of aromatic amines is 1. The quantitative estimate of drug-likeness (QED) is 0.688. The predicted octanol–water partition coefficient (Wildman–Crippen LogP) is 5.15. The molecular formula is C18H17ClN2OS. The van der Waals surface area contributed by atoms with Crippen LogP contribution in [0.4, 0.5) is 0 Å². The number of fused-ring (bicyclic) bond motifs is 1. The largest absolute Gasteiger partial charge is 0.386 e. The summed E-state index contributed by atoms with van der Waals surface area (Å²) in [6, 6.07) is 11.7. The molecule has 0 atom stereocenters. The van der Waals surface area contributed by atoms with Crippen molar-refractivity contribution in [1.82, 2.24) is 9.97 Å². The monoisotopic (exact) mass is 344 g/mol. The summed E-state index contributed by atoms with van der Waals surface area (Å²) in [6.07, 6.45) is 5.43. The van der Waals surface area contributed by atoms with Crippen molar-refractivity contribution >= 4 is 40.5 Å². The molecule has 0 aliphatic rings. The second-order valence-corrected chi connectivity index (χ2v) is 7.33. The molecule has 3 aromatic rings. The number of rotatable bonds is 4. The van der Waals surface area contributed by atoms with Crippen LogP contribution < -0.4 is 0 Å². The van der Waals surface area contributed by atoms with Crippen LogP contribution in [0.1, 0.15) is 19.5 Å². The molecular weight excluding hydrogens is 328 g/mol. The average Bonchev–Trinajstić information content (AvgIpc) is 2.85. The topological polar surface area (TPSA) is 48.9 Å². The van der Waals surface area contributed by atoms with Gasteiger partial charge in [-0.25, -0.2) is 4.98 Å². The van der Waals surface area contributed by atoms with E-state index < -0.39 is 5.60 Å². The van der Waals surface area contributed by atoms with Gasteiger partial charge in [-0.3, -0.25) is 0 Å². The van der Waals surface area contributed by atoms with Crippen molar-refractivity contribution in [2.75, 3.05) is 0 Å². The number of halogens is 1. The number of pyridine rings is 1. The number of nitrogens with zero attached hydrogens (tertiary/aromatic N) is 1. The highest BCUT2D eigenvalue weighted by molar-refractivity contribution is 7.99. The van der Waals surface area contributed by atoms with Crippen LogP contribution in [-0.4, -0.2) is 20.7 Å². The summed E-state index contributed by atoms with van der Waals surface area (Å²) in [5.41, 5.74) is 0.896. The number of nitrogens with one attached hydrogen (secondary N) is 1. The molecule has 0 bridgehead atoms. The van der Waals surface area contributed by atoms with Crippen LogP contribution >= 0.6 is 23.4 Å². The van der Waals surface area contributed by atoms with Gasteiger partial charge in [0.2, 0.25) is 0 Å². The van der Waals surface area contributed by atoms with Crippen molar-refractivity contribution in [2.45, 2.75) is 29.2 Å². The summed E-state index contributed by atoms with van der Waals surface area (Å²) in [5, 5.41) is 11.7. The fourth-order valence-corrected chi connectivity index (χ4v) is 3.29. The van der Waals surface area contributed by atoms with Gasteiger partial charge < -0.3 is 10.1 Å². The highest BCUT2D eigenvalue weighted by Gasteiger charge is 2.13. The smallest absolute Gasteiger partial charge is 0.138 e. The van der Waals surface area contributed by atoms with E-state index in [4.69, 9.17) is 11.6 Å². The number of H-pyrrole nitrogens is 1. The van der Waals surface area contributed by atoms with Gasteiger partial charge in [0, 0.05) is 26.4 Å². The SMILES string of the molecule is CC(C)(O)/C=C/c1[nH]c2ncccc2c1Sc1ccc(Cl)cc1. The minimum absolute atomic E-state index is 0.720. The van der Waals surface area contributed by atoms with Crippen LogP contribution in [0.25, 0.3) is 17.1 Å². The van der Waals surface area contributed by atoms with E-state index >= 15 is 0 Å². The van der Waals surface area contributed by atoms with E-state index in [0.717, 1.165) is 31.5 Å². The molecule has 118 valence electrons. The molecule has 0 radical (unpaired) electrons. The third-order valence-electron chi connectivity index (χ3n) is 3.24. The molecule has 2 heterocycles. The van der Waals surface area contributed by atoms with Crippen molar-refractivity contribution in [3.8, 4) is 0 Å². The van der Waals surface area contributed by atoms with E-state index in [0.29, 0.717) is 0 Å². The Morgan fingerprint density at radius 1 is 1.22 bits per heavy atom. The van der Waals surface area contributed by atoms with Gasteiger partial charge in [0.1, 0.15) is 5.65 Å². The summed E-state index contributed by atoms with van der Waals surface area (Å²) in [5.74, 6) is 0. The van der Waals surface area contributed by atoms with E-state index in [9.17, 15) is 5.11 Å². The predicted molar refractivity (Wildman–Crippen MR) is 97.0 cm³/mol. The minimum Gasteiger partial charge on any atom is -0.386 e. The lowest BCUT2D eigenvalue weighted by Crippen LogP contribution is -2.13. The number of hydrogen-bond acceptors (Lipinski definition) is 3. The lowest BCUT2D eigenvalue weighted by molar-refractivity contribution is 0.134. The van der Waals surface area contributed by atoms with Crippen LogP contribution in [0.5, 0.6) is 0 Å². The molecule has 0 fully saturated rings. The Kier molecular flexibility index (Phi) is 4.48. The molecule has 3 rings (SSSR count). The summed E-state index contributed by atoms with van der Waals surface area (Å²) in [7, 11) is 0. The summed E-state index contributed by atoms with van der Waals surface area (Å²) >= 11 is 7.60. The maximum absolute atomic E-state index is 9.93. The Hall–Kier alpha value is -1.75. The van der Waals surface area contributed by atoms with E-state index in [1.807, 2.05) is 42.5 Å². The molecule has 1 aromatic carbocycles. The van der Waals surface area contributed by atoms with Gasteiger partial charge in [-0.15, -0.1) is 0 Å². The van der Waals surface area contributed by atoms with Gasteiger partial charge in [-0.05, 0) is 56.3 Å². The fourth-order valence-electron chi connectivity index (χ4n) is 2.15. The first-order valence-electron chi connectivity index (χ1n) is 7.24. The third kappa shape index (κ3) is 3.96. The summed E-state index contributed by atoms with van der Waals surface area (Å²) < 4.78 is 0. The molecule has 2 N–H and O–H groups in total. The van der Waals surface area contributed by atoms with Gasteiger partial charge in [0.25, 0.3) is 0 Å². The highest BCUT2D eigenvalue weighted by atomic mass is 35.5. The van der Waals surface area contributed by atoms with E-state index in [1.165, 1.54) is 0 Å². The Morgan fingerprint density at radius 3 is 2.65 bits per heavy atom. The Bertz CT molecular complexity index is 848. The molecule has 0 amide bonds. The van der Waals surface area contributed by atoms with E-state index in [1.54, 1.807) is 37.9 Å². The van der Waals surface area contributed by atoms with Gasteiger partial charge >= 0.3 is 0 Å². The molecule has 0 saturated carbocycles. The Balaban J connectivity index is 2.05. The second-order valence-electron chi connectivity index (χ2n) is 5.81. The maximum atomic E-state index is 9.93. The highest BCUT2D eigenvalue weighted by Crippen LogP contribution is 2.37. The van der Waals surface area contributed by atoms with Crippen LogP contribution in [0, 0.1) is 0 Å². The van der Waals surface area contributed by atoms with Crippen molar-refractivity contribution in [3.63, 3.8) is 0 Å². The standard InChI is InChI=1S/C18H17ClN2OS/c1-18(2,22)10-9-15-16(14-4-3-11-20-17(14)21-15)23-13-7-5-12(19)6-8-13/h3-11,22H,1-2H3,(H,20,21)/b10-9+. The van der Waals surface area contributed by atoms with Crippen molar-refractivity contribution in [1.29, 1.82) is 0 Å². The average molecular weight is 345 g/mol. The zero-order valence-corrected chi connectivity index (χ0v) is 14.4. The first kappa shape index (κ1) is 16.1. The molecule has 0 aliphatic carbocycles. The molecule has 0 saturated heterocycles. The minimum atomic E-state index is -0.868. The van der Waals surface area contributed by atoms with Crippen molar-refractivity contribution in [3.05, 3.63) is 59.4 Å². The zero-order chi connectivity index (χ0) is 16.4. The maximum Gasteiger partial charge on any atom is 0.138 e. The molecule has 0 unspecified atom stereocenters. The molecule has 5 heteroatoms. The summed E-state index contributed by atoms with van der Waals surface area (Å²) in [4.78, 5) is 9.86. The van der Waals surface area contributed by atoms with E-state index in [-0.39, 0.29) is 0 Å². The number of aliphatic hydroxyl groups is 1. The lowest BCUT2D eigenvalue weighted by Gasteiger charge is -2.10. The lowest BCUT2D eigenvalue weighted by atomic mass is 10.1. The Morgan fingerprint density at radius 2 is 1.96 bits per heavy atom. The van der Waals surface area contributed by atoms with Crippen LogP contribution in [0.2, 0.25) is 5.02 Å². The van der Waals surface area contributed by atoms with Gasteiger partial charge in [-0.2, -0.15) is 0 Å². The van der Waals surface area contributed by atoms with Crippen LogP contribution in [-0.2, 0) is 0 Å². The van der Waals surface area contributed by atoms with Crippen molar-refractivity contribution < 1.29 is 5.11 Å². The van der Waals surface area contributed by atoms with Crippen LogP contribution in [0.3, 0.4) is 0 Å². The Labute approximate surface area is 144 Å². The van der Waals surface area contributed by atoms with Crippen LogP contribution in [0.15, 0.2) is 58.5 Å². The van der Waals surface area contributed by atoms with Crippen molar-refractivity contribution in [2.24, 2.45) is 0 Å². The first-order valence-corrected chi connectivity index (χ1v) is 8.43. The second kappa shape index (κ2) is 6.40. The zero-order valence-electron chi connectivity index (χ0n) is 12.9. The summed E-state index contributed by atoms with van der Waals surface area (Å²) in [6.45, 7) is 3.49. The molecule has 0 aliphatic heterocycles. The molecule has 23 heavy (non-hydrogen) atoms. The molecule has 3 nitrogen and oxygen atoms in total. The van der Waals surface area contributed by atoms with Gasteiger partial charge in [-0.1, -0.05) is 29.4 Å². The molecule has 2 aromatic heterocycles. The number of benzene rings is 1.